The van der Waals surface area contributed by atoms with Crippen LogP contribution in [0, 0.1) is 0 Å². The number of carboxylic acid groups (broad SMARTS) is 1. The highest BCUT2D eigenvalue weighted by Crippen LogP contribution is 2.06. The van der Waals surface area contributed by atoms with Gasteiger partial charge < -0.3 is 14.9 Å². The van der Waals surface area contributed by atoms with Gasteiger partial charge in [0, 0.05) is 18.7 Å². The van der Waals surface area contributed by atoms with Gasteiger partial charge in [0.05, 0.1) is 25.9 Å². The summed E-state index contributed by atoms with van der Waals surface area (Å²) in [6.07, 6.45) is 1.66. The van der Waals surface area contributed by atoms with Crippen LogP contribution in [0.15, 0.2) is 11.6 Å². The van der Waals surface area contributed by atoms with E-state index in [1.807, 2.05) is 4.90 Å². The van der Waals surface area contributed by atoms with Gasteiger partial charge in [0.1, 0.15) is 0 Å². The molecule has 0 aromatic carbocycles. The largest absolute Gasteiger partial charge is 0.478 e. The van der Waals surface area contributed by atoms with Crippen LogP contribution >= 0.6 is 0 Å². The van der Waals surface area contributed by atoms with Crippen molar-refractivity contribution in [3.63, 3.8) is 0 Å². The molecule has 1 aliphatic heterocycles. The maximum absolute atomic E-state index is 10.6. The Bertz CT molecular complexity index is 252. The topological polar surface area (TPSA) is 70.0 Å². The van der Waals surface area contributed by atoms with Crippen LogP contribution in [-0.4, -0.2) is 60.0 Å². The minimum atomic E-state index is -0.899. The minimum Gasteiger partial charge on any atom is -0.478 e. The number of aliphatic hydroxyl groups excluding tert-OH is 1. The van der Waals surface area contributed by atoms with Crippen molar-refractivity contribution in [2.45, 2.75) is 13.0 Å². The lowest BCUT2D eigenvalue weighted by atomic mass is 10.2. The molecule has 1 heterocycles. The predicted octanol–water partition coefficient (Wildman–Crippen LogP) is -0.290. The number of carbonyl (C=O) groups is 1. The molecule has 0 aromatic heterocycles. The molecule has 0 aromatic rings. The second-order valence-corrected chi connectivity index (χ2v) is 3.60. The number of aliphatic carboxylic acids is 1. The van der Waals surface area contributed by atoms with E-state index in [4.69, 9.17) is 14.9 Å². The SMILES string of the molecule is CC(=CCN1CCOCC1CO)C(=O)O. The summed E-state index contributed by atoms with van der Waals surface area (Å²) in [4.78, 5) is 12.6. The molecule has 86 valence electrons. The molecule has 0 amide bonds. The van der Waals surface area contributed by atoms with Gasteiger partial charge in [-0.2, -0.15) is 0 Å². The van der Waals surface area contributed by atoms with Crippen molar-refractivity contribution in [3.05, 3.63) is 11.6 Å². The van der Waals surface area contributed by atoms with Crippen molar-refractivity contribution in [2.75, 3.05) is 32.9 Å². The Kier molecular flexibility index (Phi) is 4.74. The Labute approximate surface area is 89.0 Å². The molecule has 0 radical (unpaired) electrons. The number of rotatable bonds is 4. The highest BCUT2D eigenvalue weighted by atomic mass is 16.5. The number of hydrogen-bond donors (Lipinski definition) is 2. The summed E-state index contributed by atoms with van der Waals surface area (Å²) in [6.45, 7) is 4.03. The average Bonchev–Trinajstić information content (AvgIpc) is 2.26. The van der Waals surface area contributed by atoms with Crippen LogP contribution in [0.5, 0.6) is 0 Å². The summed E-state index contributed by atoms with van der Waals surface area (Å²) in [6, 6.07) is -0.0170. The molecule has 1 fully saturated rings. The summed E-state index contributed by atoms with van der Waals surface area (Å²) in [7, 11) is 0. The van der Waals surface area contributed by atoms with Crippen LogP contribution in [0.25, 0.3) is 0 Å². The maximum atomic E-state index is 10.6. The first-order chi connectivity index (χ1) is 7.15. The summed E-state index contributed by atoms with van der Waals surface area (Å²) in [5.74, 6) is -0.899. The minimum absolute atomic E-state index is 0.0170. The van der Waals surface area contributed by atoms with Gasteiger partial charge in [-0.05, 0) is 6.92 Å². The van der Waals surface area contributed by atoms with Crippen LogP contribution in [0.2, 0.25) is 0 Å². The monoisotopic (exact) mass is 215 g/mol. The van der Waals surface area contributed by atoms with Crippen molar-refractivity contribution in [2.24, 2.45) is 0 Å². The second kappa shape index (κ2) is 5.85. The van der Waals surface area contributed by atoms with Crippen LogP contribution in [0.4, 0.5) is 0 Å². The molecular formula is C10H17NO4. The molecule has 1 aliphatic rings. The predicted molar refractivity (Wildman–Crippen MR) is 54.7 cm³/mol. The Morgan fingerprint density at radius 2 is 2.40 bits per heavy atom. The van der Waals surface area contributed by atoms with Gasteiger partial charge in [-0.3, -0.25) is 4.90 Å². The van der Waals surface area contributed by atoms with Crippen molar-refractivity contribution >= 4 is 5.97 Å². The molecule has 0 aliphatic carbocycles. The Hall–Kier alpha value is -0.910. The van der Waals surface area contributed by atoms with Gasteiger partial charge in [0.25, 0.3) is 0 Å². The van der Waals surface area contributed by atoms with E-state index in [0.717, 1.165) is 6.54 Å². The van der Waals surface area contributed by atoms with E-state index < -0.39 is 5.97 Å². The zero-order chi connectivity index (χ0) is 11.3. The molecule has 1 atom stereocenters. The number of hydrogen-bond acceptors (Lipinski definition) is 4. The van der Waals surface area contributed by atoms with E-state index in [1.54, 1.807) is 13.0 Å². The number of nitrogens with zero attached hydrogens (tertiary/aromatic N) is 1. The van der Waals surface area contributed by atoms with E-state index >= 15 is 0 Å². The van der Waals surface area contributed by atoms with Gasteiger partial charge in [-0.25, -0.2) is 4.79 Å². The Morgan fingerprint density at radius 1 is 1.67 bits per heavy atom. The number of morpholine rings is 1. The fourth-order valence-corrected chi connectivity index (χ4v) is 1.44. The van der Waals surface area contributed by atoms with E-state index in [1.165, 1.54) is 0 Å². The number of ether oxygens (including phenoxy) is 1. The van der Waals surface area contributed by atoms with Crippen molar-refractivity contribution in [3.8, 4) is 0 Å². The summed E-state index contributed by atoms with van der Waals surface area (Å²) in [5, 5.41) is 17.8. The molecule has 1 saturated heterocycles. The van der Waals surface area contributed by atoms with E-state index in [9.17, 15) is 4.79 Å². The van der Waals surface area contributed by atoms with Gasteiger partial charge in [0.2, 0.25) is 0 Å². The van der Waals surface area contributed by atoms with Crippen LogP contribution in [0.1, 0.15) is 6.92 Å². The van der Waals surface area contributed by atoms with Crippen molar-refractivity contribution < 1.29 is 19.7 Å². The fourth-order valence-electron chi connectivity index (χ4n) is 1.44. The van der Waals surface area contributed by atoms with E-state index in [-0.39, 0.29) is 12.6 Å². The van der Waals surface area contributed by atoms with Crippen molar-refractivity contribution in [1.82, 2.24) is 4.90 Å². The summed E-state index contributed by atoms with van der Waals surface area (Å²) < 4.78 is 5.22. The highest BCUT2D eigenvalue weighted by Gasteiger charge is 2.21. The lowest BCUT2D eigenvalue weighted by Crippen LogP contribution is -2.47. The third kappa shape index (κ3) is 3.62. The lowest BCUT2D eigenvalue weighted by molar-refractivity contribution is -0.132. The Balaban J connectivity index is 2.48. The zero-order valence-corrected chi connectivity index (χ0v) is 8.85. The third-order valence-corrected chi connectivity index (χ3v) is 2.53. The molecule has 5 heteroatoms. The quantitative estimate of drug-likeness (QED) is 0.631. The van der Waals surface area contributed by atoms with E-state index in [2.05, 4.69) is 0 Å². The van der Waals surface area contributed by atoms with Gasteiger partial charge in [0.15, 0.2) is 0 Å². The second-order valence-electron chi connectivity index (χ2n) is 3.60. The molecule has 15 heavy (non-hydrogen) atoms. The number of aliphatic hydroxyl groups is 1. The van der Waals surface area contributed by atoms with Gasteiger partial charge >= 0.3 is 5.97 Å². The third-order valence-electron chi connectivity index (χ3n) is 2.53. The van der Waals surface area contributed by atoms with Crippen LogP contribution in [-0.2, 0) is 9.53 Å². The van der Waals surface area contributed by atoms with Gasteiger partial charge in [-0.1, -0.05) is 6.08 Å². The molecule has 0 saturated carbocycles. The first-order valence-corrected chi connectivity index (χ1v) is 4.98. The highest BCUT2D eigenvalue weighted by molar-refractivity contribution is 5.85. The number of carboxylic acids is 1. The standard InChI is InChI=1S/C10H17NO4/c1-8(10(13)14)2-3-11-4-5-15-7-9(11)6-12/h2,9,12H,3-7H2,1H3,(H,13,14). The molecule has 0 bridgehead atoms. The molecule has 0 spiro atoms. The average molecular weight is 215 g/mol. The molecule has 5 nitrogen and oxygen atoms in total. The van der Waals surface area contributed by atoms with Crippen molar-refractivity contribution in [1.29, 1.82) is 0 Å². The van der Waals surface area contributed by atoms with Gasteiger partial charge in [-0.15, -0.1) is 0 Å². The summed E-state index contributed by atoms with van der Waals surface area (Å²) >= 11 is 0. The van der Waals surface area contributed by atoms with Crippen LogP contribution in [0.3, 0.4) is 0 Å². The van der Waals surface area contributed by atoms with Crippen LogP contribution < -0.4 is 0 Å². The normalized spacial score (nSPS) is 24.1. The summed E-state index contributed by atoms with van der Waals surface area (Å²) in [5.41, 5.74) is 0.332. The fraction of sp³-hybridized carbons (Fsp3) is 0.700. The molecule has 2 N–H and O–H groups in total. The molecule has 1 unspecified atom stereocenters. The van der Waals surface area contributed by atoms with E-state index in [0.29, 0.717) is 25.3 Å². The maximum Gasteiger partial charge on any atom is 0.330 e. The Morgan fingerprint density at radius 3 is 3.00 bits per heavy atom. The molecule has 1 rings (SSSR count). The zero-order valence-electron chi connectivity index (χ0n) is 8.85. The molecular weight excluding hydrogens is 198 g/mol. The lowest BCUT2D eigenvalue weighted by Gasteiger charge is -2.33. The smallest absolute Gasteiger partial charge is 0.330 e. The first kappa shape index (κ1) is 12.2. The first-order valence-electron chi connectivity index (χ1n) is 4.98.